The minimum absolute atomic E-state index is 0.0253. The Hall–Kier alpha value is -0.770. The highest BCUT2D eigenvalue weighted by atomic mass is 16.2. The molecule has 0 unspecified atom stereocenters. The van der Waals surface area contributed by atoms with Gasteiger partial charge in [0, 0.05) is 18.1 Å². The van der Waals surface area contributed by atoms with Crippen LogP contribution in [-0.2, 0) is 0 Å². The van der Waals surface area contributed by atoms with Gasteiger partial charge in [-0.3, -0.25) is 0 Å². The van der Waals surface area contributed by atoms with Gasteiger partial charge in [-0.1, -0.05) is 19.3 Å². The summed E-state index contributed by atoms with van der Waals surface area (Å²) in [7, 11) is 0. The van der Waals surface area contributed by atoms with E-state index in [1.165, 1.54) is 19.3 Å². The van der Waals surface area contributed by atoms with Crippen molar-refractivity contribution in [3.05, 3.63) is 0 Å². The molecule has 0 bridgehead atoms. The summed E-state index contributed by atoms with van der Waals surface area (Å²) in [6.07, 6.45) is 10.2. The van der Waals surface area contributed by atoms with Crippen LogP contribution in [0, 0.1) is 0 Å². The van der Waals surface area contributed by atoms with E-state index >= 15 is 0 Å². The van der Waals surface area contributed by atoms with Gasteiger partial charge in [-0.05, 0) is 38.5 Å². The maximum absolute atomic E-state index is 11.8. The fourth-order valence-corrected chi connectivity index (χ4v) is 2.92. The molecule has 0 aromatic rings. The molecule has 4 heteroatoms. The highest BCUT2D eigenvalue weighted by molar-refractivity contribution is 5.74. The van der Waals surface area contributed by atoms with Crippen LogP contribution < -0.4 is 16.4 Å². The molecule has 98 valence electrons. The molecule has 2 fully saturated rings. The molecule has 0 atom stereocenters. The average Bonchev–Trinajstić information content (AvgIpc) is 2.33. The number of carbonyl (C=O) groups is 1. The zero-order chi connectivity index (χ0) is 12.1. The Bertz CT molecular complexity index is 243. The van der Waals surface area contributed by atoms with Gasteiger partial charge >= 0.3 is 6.03 Å². The van der Waals surface area contributed by atoms with Gasteiger partial charge in [-0.15, -0.1) is 0 Å². The fraction of sp³-hybridized carbons (Fsp3) is 0.923. The first-order valence-corrected chi connectivity index (χ1v) is 7.06. The second kappa shape index (κ2) is 6.24. The normalized spacial score (nSPS) is 30.9. The number of hydrogen-bond donors (Lipinski definition) is 3. The Balaban J connectivity index is 1.66. The second-order valence-corrected chi connectivity index (χ2v) is 5.56. The van der Waals surface area contributed by atoms with Crippen LogP contribution in [0.4, 0.5) is 4.79 Å². The zero-order valence-electron chi connectivity index (χ0n) is 10.6. The maximum atomic E-state index is 11.8. The molecule has 17 heavy (non-hydrogen) atoms. The quantitative estimate of drug-likeness (QED) is 0.689. The molecule has 4 nitrogen and oxygen atoms in total. The van der Waals surface area contributed by atoms with Crippen molar-refractivity contribution in [1.82, 2.24) is 10.6 Å². The molecule has 0 saturated heterocycles. The zero-order valence-corrected chi connectivity index (χ0v) is 10.6. The molecule has 2 amide bonds. The van der Waals surface area contributed by atoms with Crippen molar-refractivity contribution < 1.29 is 4.79 Å². The van der Waals surface area contributed by atoms with E-state index in [0.29, 0.717) is 18.1 Å². The van der Waals surface area contributed by atoms with Gasteiger partial charge in [0.25, 0.3) is 0 Å². The summed E-state index contributed by atoms with van der Waals surface area (Å²) in [6, 6.07) is 1.10. The van der Waals surface area contributed by atoms with E-state index in [1.807, 2.05) is 0 Å². The van der Waals surface area contributed by atoms with Crippen LogP contribution in [0.15, 0.2) is 0 Å². The lowest BCUT2D eigenvalue weighted by Crippen LogP contribution is -2.48. The molecule has 0 spiro atoms. The molecule has 2 aliphatic rings. The van der Waals surface area contributed by atoms with Crippen LogP contribution >= 0.6 is 0 Å². The predicted molar refractivity (Wildman–Crippen MR) is 68.8 cm³/mol. The number of urea groups is 1. The van der Waals surface area contributed by atoms with Gasteiger partial charge in [0.1, 0.15) is 0 Å². The van der Waals surface area contributed by atoms with Crippen LogP contribution in [0.3, 0.4) is 0 Å². The van der Waals surface area contributed by atoms with E-state index in [9.17, 15) is 4.79 Å². The third kappa shape index (κ3) is 4.19. The highest BCUT2D eigenvalue weighted by Crippen LogP contribution is 2.18. The molecule has 2 rings (SSSR count). The highest BCUT2D eigenvalue weighted by Gasteiger charge is 2.21. The van der Waals surface area contributed by atoms with Crippen LogP contribution in [0.5, 0.6) is 0 Å². The standard InChI is InChI=1S/C13H25N3O/c14-10-6-8-12(9-7-10)16-13(17)15-11-4-2-1-3-5-11/h10-12H,1-9,14H2,(H2,15,16,17). The van der Waals surface area contributed by atoms with E-state index in [2.05, 4.69) is 10.6 Å². The number of rotatable bonds is 2. The van der Waals surface area contributed by atoms with E-state index < -0.39 is 0 Å². The molecular weight excluding hydrogens is 214 g/mol. The molecule has 2 aliphatic carbocycles. The molecule has 2 saturated carbocycles. The summed E-state index contributed by atoms with van der Waals surface area (Å²) in [4.78, 5) is 11.8. The summed E-state index contributed by atoms with van der Waals surface area (Å²) in [5.41, 5.74) is 5.85. The number of carbonyl (C=O) groups excluding carboxylic acids is 1. The van der Waals surface area contributed by atoms with Crippen molar-refractivity contribution >= 4 is 6.03 Å². The average molecular weight is 239 g/mol. The van der Waals surface area contributed by atoms with E-state index in [-0.39, 0.29) is 6.03 Å². The smallest absolute Gasteiger partial charge is 0.315 e. The Labute approximate surface area is 104 Å². The van der Waals surface area contributed by atoms with Crippen LogP contribution in [-0.4, -0.2) is 24.2 Å². The van der Waals surface area contributed by atoms with Crippen molar-refractivity contribution in [2.45, 2.75) is 75.9 Å². The number of nitrogens with two attached hydrogens (primary N) is 1. The lowest BCUT2D eigenvalue weighted by Gasteiger charge is -2.28. The molecule has 0 aliphatic heterocycles. The fourth-order valence-electron chi connectivity index (χ4n) is 2.92. The van der Waals surface area contributed by atoms with Crippen LogP contribution in [0.25, 0.3) is 0 Å². The lowest BCUT2D eigenvalue weighted by molar-refractivity contribution is 0.223. The Kier molecular flexibility index (Phi) is 4.66. The van der Waals surface area contributed by atoms with Crippen LogP contribution in [0.2, 0.25) is 0 Å². The predicted octanol–water partition coefficient (Wildman–Crippen LogP) is 1.89. The molecular formula is C13H25N3O. The Morgan fingerprint density at radius 3 is 1.94 bits per heavy atom. The van der Waals surface area contributed by atoms with Crippen molar-refractivity contribution in [1.29, 1.82) is 0 Å². The summed E-state index contributed by atoms with van der Waals surface area (Å²) >= 11 is 0. The summed E-state index contributed by atoms with van der Waals surface area (Å²) in [5.74, 6) is 0. The molecule has 0 aromatic carbocycles. The van der Waals surface area contributed by atoms with Crippen molar-refractivity contribution in [3.63, 3.8) is 0 Å². The molecule has 0 aromatic heterocycles. The number of hydrogen-bond acceptors (Lipinski definition) is 2. The Morgan fingerprint density at radius 1 is 0.824 bits per heavy atom. The van der Waals surface area contributed by atoms with Gasteiger partial charge in [-0.25, -0.2) is 4.79 Å². The molecule has 0 heterocycles. The minimum Gasteiger partial charge on any atom is -0.335 e. The van der Waals surface area contributed by atoms with Gasteiger partial charge in [0.2, 0.25) is 0 Å². The van der Waals surface area contributed by atoms with Crippen molar-refractivity contribution in [2.24, 2.45) is 5.73 Å². The summed E-state index contributed by atoms with van der Waals surface area (Å²) in [6.45, 7) is 0. The van der Waals surface area contributed by atoms with Crippen LogP contribution in [0.1, 0.15) is 57.8 Å². The second-order valence-electron chi connectivity index (χ2n) is 5.56. The monoisotopic (exact) mass is 239 g/mol. The first-order chi connectivity index (χ1) is 8.24. The summed E-state index contributed by atoms with van der Waals surface area (Å²) < 4.78 is 0. The molecule has 4 N–H and O–H groups in total. The van der Waals surface area contributed by atoms with Gasteiger partial charge in [-0.2, -0.15) is 0 Å². The largest absolute Gasteiger partial charge is 0.335 e. The molecule has 0 radical (unpaired) electrons. The maximum Gasteiger partial charge on any atom is 0.315 e. The van der Waals surface area contributed by atoms with Crippen molar-refractivity contribution in [3.8, 4) is 0 Å². The van der Waals surface area contributed by atoms with Gasteiger partial charge < -0.3 is 16.4 Å². The van der Waals surface area contributed by atoms with Crippen molar-refractivity contribution in [2.75, 3.05) is 0 Å². The third-order valence-corrected chi connectivity index (χ3v) is 4.05. The third-order valence-electron chi connectivity index (χ3n) is 4.05. The topological polar surface area (TPSA) is 67.1 Å². The SMILES string of the molecule is NC1CCC(NC(=O)NC2CCCCC2)CC1. The first kappa shape index (κ1) is 12.7. The van der Waals surface area contributed by atoms with Gasteiger partial charge in [0.15, 0.2) is 0 Å². The number of nitrogens with one attached hydrogen (secondary N) is 2. The summed E-state index contributed by atoms with van der Waals surface area (Å²) in [5, 5.41) is 6.18. The van der Waals surface area contributed by atoms with Gasteiger partial charge in [0.05, 0.1) is 0 Å². The van der Waals surface area contributed by atoms with E-state index in [1.54, 1.807) is 0 Å². The lowest BCUT2D eigenvalue weighted by atomic mass is 9.92. The minimum atomic E-state index is 0.0253. The van der Waals surface area contributed by atoms with E-state index in [4.69, 9.17) is 5.73 Å². The van der Waals surface area contributed by atoms with E-state index in [0.717, 1.165) is 38.5 Å². The Morgan fingerprint density at radius 2 is 1.35 bits per heavy atom. The first-order valence-electron chi connectivity index (χ1n) is 7.06. The number of amides is 2.